The Labute approximate surface area is 124 Å². The second-order valence-electron chi connectivity index (χ2n) is 5.33. The standard InChI is InChI=1S/C16H21N3O2/c1-11(9-13-5-4-8-21-13)18-15-7-6-12(10-14(15)17)16(20)19(2)3/h4-8,10-11,18H,9,17H2,1-3H3. The summed E-state index contributed by atoms with van der Waals surface area (Å²) in [5.41, 5.74) is 8.00. The van der Waals surface area contributed by atoms with Crippen LogP contribution in [0.2, 0.25) is 0 Å². The Hall–Kier alpha value is -2.43. The molecule has 1 heterocycles. The molecule has 2 rings (SSSR count). The molecular weight excluding hydrogens is 266 g/mol. The van der Waals surface area contributed by atoms with Crippen molar-refractivity contribution in [2.75, 3.05) is 25.1 Å². The van der Waals surface area contributed by atoms with Gasteiger partial charge in [0, 0.05) is 32.1 Å². The minimum atomic E-state index is -0.0584. The van der Waals surface area contributed by atoms with Crippen LogP contribution in [0.4, 0.5) is 11.4 Å². The van der Waals surface area contributed by atoms with Crippen molar-refractivity contribution < 1.29 is 9.21 Å². The second-order valence-corrected chi connectivity index (χ2v) is 5.33. The molecule has 0 aliphatic carbocycles. The molecule has 0 aliphatic rings. The first-order valence-corrected chi connectivity index (χ1v) is 6.87. The quantitative estimate of drug-likeness (QED) is 0.829. The summed E-state index contributed by atoms with van der Waals surface area (Å²) in [6, 6.07) is 9.31. The normalized spacial score (nSPS) is 12.0. The number of rotatable bonds is 5. The molecule has 1 aromatic heterocycles. The number of benzene rings is 1. The maximum absolute atomic E-state index is 11.9. The zero-order valence-corrected chi connectivity index (χ0v) is 12.6. The number of nitrogens with zero attached hydrogens (tertiary/aromatic N) is 1. The monoisotopic (exact) mass is 287 g/mol. The van der Waals surface area contributed by atoms with Gasteiger partial charge in [-0.25, -0.2) is 0 Å². The van der Waals surface area contributed by atoms with E-state index in [0.29, 0.717) is 11.3 Å². The number of amides is 1. The number of nitrogens with two attached hydrogens (primary N) is 1. The molecule has 0 bridgehead atoms. The minimum absolute atomic E-state index is 0.0584. The van der Waals surface area contributed by atoms with Gasteiger partial charge < -0.3 is 20.4 Å². The molecular formula is C16H21N3O2. The van der Waals surface area contributed by atoms with Crippen molar-refractivity contribution in [2.24, 2.45) is 0 Å². The zero-order chi connectivity index (χ0) is 15.4. The summed E-state index contributed by atoms with van der Waals surface area (Å²) in [5, 5.41) is 3.33. The van der Waals surface area contributed by atoms with Gasteiger partial charge in [-0.05, 0) is 37.3 Å². The molecule has 2 aromatic rings. The maximum Gasteiger partial charge on any atom is 0.253 e. The van der Waals surface area contributed by atoms with Crippen LogP contribution < -0.4 is 11.1 Å². The lowest BCUT2D eigenvalue weighted by Gasteiger charge is -2.17. The van der Waals surface area contributed by atoms with E-state index in [2.05, 4.69) is 12.2 Å². The van der Waals surface area contributed by atoms with Crippen LogP contribution in [0.3, 0.4) is 0 Å². The average Bonchev–Trinajstić information content (AvgIpc) is 2.92. The van der Waals surface area contributed by atoms with Gasteiger partial charge in [0.25, 0.3) is 5.91 Å². The molecule has 1 amide bonds. The Kier molecular flexibility index (Phi) is 4.52. The Morgan fingerprint density at radius 3 is 2.71 bits per heavy atom. The highest BCUT2D eigenvalue weighted by Gasteiger charge is 2.12. The fourth-order valence-electron chi connectivity index (χ4n) is 2.13. The predicted molar refractivity (Wildman–Crippen MR) is 84.4 cm³/mol. The lowest BCUT2D eigenvalue weighted by atomic mass is 10.1. The molecule has 0 fully saturated rings. The topological polar surface area (TPSA) is 71.5 Å². The summed E-state index contributed by atoms with van der Waals surface area (Å²) in [7, 11) is 3.44. The van der Waals surface area contributed by atoms with E-state index < -0.39 is 0 Å². The molecule has 112 valence electrons. The van der Waals surface area contributed by atoms with Crippen LogP contribution in [0.15, 0.2) is 41.0 Å². The van der Waals surface area contributed by atoms with Crippen molar-refractivity contribution in [1.29, 1.82) is 0 Å². The van der Waals surface area contributed by atoms with Crippen molar-refractivity contribution >= 4 is 17.3 Å². The Morgan fingerprint density at radius 2 is 2.14 bits per heavy atom. The number of nitrogen functional groups attached to an aromatic ring is 1. The van der Waals surface area contributed by atoms with Gasteiger partial charge in [-0.2, -0.15) is 0 Å². The zero-order valence-electron chi connectivity index (χ0n) is 12.6. The van der Waals surface area contributed by atoms with E-state index in [1.54, 1.807) is 32.5 Å². The fourth-order valence-corrected chi connectivity index (χ4v) is 2.13. The van der Waals surface area contributed by atoms with Crippen LogP contribution in [0.5, 0.6) is 0 Å². The van der Waals surface area contributed by atoms with E-state index in [1.807, 2.05) is 18.2 Å². The molecule has 5 nitrogen and oxygen atoms in total. The first-order chi connectivity index (χ1) is 9.97. The van der Waals surface area contributed by atoms with Gasteiger partial charge in [0.05, 0.1) is 17.6 Å². The summed E-state index contributed by atoms with van der Waals surface area (Å²) in [5.74, 6) is 0.866. The van der Waals surface area contributed by atoms with Gasteiger partial charge in [0.2, 0.25) is 0 Å². The highest BCUT2D eigenvalue weighted by Crippen LogP contribution is 2.22. The van der Waals surface area contributed by atoms with Crippen molar-refractivity contribution in [3.8, 4) is 0 Å². The molecule has 1 unspecified atom stereocenters. The maximum atomic E-state index is 11.9. The summed E-state index contributed by atoms with van der Waals surface area (Å²) in [4.78, 5) is 13.4. The molecule has 1 aromatic carbocycles. The van der Waals surface area contributed by atoms with Crippen LogP contribution in [-0.2, 0) is 6.42 Å². The number of nitrogens with one attached hydrogen (secondary N) is 1. The van der Waals surface area contributed by atoms with Crippen LogP contribution in [-0.4, -0.2) is 30.9 Å². The second kappa shape index (κ2) is 6.35. The highest BCUT2D eigenvalue weighted by molar-refractivity contribution is 5.95. The van der Waals surface area contributed by atoms with Gasteiger partial charge in [0.1, 0.15) is 5.76 Å². The fraction of sp³-hybridized carbons (Fsp3) is 0.312. The Balaban J connectivity index is 2.05. The molecule has 0 aliphatic heterocycles. The van der Waals surface area contributed by atoms with E-state index in [0.717, 1.165) is 17.9 Å². The van der Waals surface area contributed by atoms with Crippen LogP contribution >= 0.6 is 0 Å². The molecule has 3 N–H and O–H groups in total. The van der Waals surface area contributed by atoms with Crippen molar-refractivity contribution in [3.05, 3.63) is 47.9 Å². The van der Waals surface area contributed by atoms with Crippen molar-refractivity contribution in [1.82, 2.24) is 4.90 Å². The van der Waals surface area contributed by atoms with Gasteiger partial charge >= 0.3 is 0 Å². The number of anilines is 2. The van der Waals surface area contributed by atoms with Crippen LogP contribution in [0, 0.1) is 0 Å². The summed E-state index contributed by atoms with van der Waals surface area (Å²) < 4.78 is 5.33. The number of carbonyl (C=O) groups excluding carboxylic acids is 1. The van der Waals surface area contributed by atoms with E-state index in [-0.39, 0.29) is 11.9 Å². The molecule has 1 atom stereocenters. The van der Waals surface area contributed by atoms with Gasteiger partial charge in [-0.15, -0.1) is 0 Å². The summed E-state index contributed by atoms with van der Waals surface area (Å²) in [6.45, 7) is 2.06. The first kappa shape index (κ1) is 15.0. The van der Waals surface area contributed by atoms with Crippen molar-refractivity contribution in [3.63, 3.8) is 0 Å². The minimum Gasteiger partial charge on any atom is -0.469 e. The summed E-state index contributed by atoms with van der Waals surface area (Å²) >= 11 is 0. The number of hydrogen-bond donors (Lipinski definition) is 2. The first-order valence-electron chi connectivity index (χ1n) is 6.87. The third kappa shape index (κ3) is 3.78. The molecule has 5 heteroatoms. The molecule has 0 saturated heterocycles. The van der Waals surface area contributed by atoms with E-state index >= 15 is 0 Å². The number of carbonyl (C=O) groups is 1. The number of furan rings is 1. The van der Waals surface area contributed by atoms with Crippen molar-refractivity contribution in [2.45, 2.75) is 19.4 Å². The average molecular weight is 287 g/mol. The Bertz CT molecular complexity index is 606. The van der Waals surface area contributed by atoms with Crippen LogP contribution in [0.1, 0.15) is 23.0 Å². The van der Waals surface area contributed by atoms with Gasteiger partial charge in [0.15, 0.2) is 0 Å². The third-order valence-electron chi connectivity index (χ3n) is 3.19. The van der Waals surface area contributed by atoms with E-state index in [9.17, 15) is 4.79 Å². The van der Waals surface area contributed by atoms with E-state index in [4.69, 9.17) is 10.2 Å². The largest absolute Gasteiger partial charge is 0.469 e. The third-order valence-corrected chi connectivity index (χ3v) is 3.19. The Morgan fingerprint density at radius 1 is 1.38 bits per heavy atom. The molecule has 0 spiro atoms. The summed E-state index contributed by atoms with van der Waals surface area (Å²) in [6.07, 6.45) is 2.43. The predicted octanol–water partition coefficient (Wildman–Crippen LogP) is 2.61. The lowest BCUT2D eigenvalue weighted by molar-refractivity contribution is 0.0827. The molecule has 0 saturated carbocycles. The van der Waals surface area contributed by atoms with E-state index in [1.165, 1.54) is 4.90 Å². The molecule has 21 heavy (non-hydrogen) atoms. The van der Waals surface area contributed by atoms with Gasteiger partial charge in [-0.1, -0.05) is 0 Å². The highest BCUT2D eigenvalue weighted by atomic mass is 16.3. The van der Waals surface area contributed by atoms with Crippen LogP contribution in [0.25, 0.3) is 0 Å². The number of hydrogen-bond acceptors (Lipinski definition) is 4. The lowest BCUT2D eigenvalue weighted by Crippen LogP contribution is -2.22. The SMILES string of the molecule is CC(Cc1ccco1)Nc1ccc(C(=O)N(C)C)cc1N. The van der Waals surface area contributed by atoms with Gasteiger partial charge in [-0.3, -0.25) is 4.79 Å². The smallest absolute Gasteiger partial charge is 0.253 e. The molecule has 0 radical (unpaired) electrons.